The van der Waals surface area contributed by atoms with Gasteiger partial charge < -0.3 is 14.9 Å². The standard InChI is InChI=1S/C9H12N2O4/c1-6-5-7(8(13)14)11-9(10-6)15-4-2-3-12/h5,12H,2-4H2,1H3,(H,13,14). The van der Waals surface area contributed by atoms with Crippen molar-refractivity contribution in [1.29, 1.82) is 0 Å². The Labute approximate surface area is 86.6 Å². The number of aliphatic hydroxyl groups is 1. The molecule has 1 aromatic heterocycles. The summed E-state index contributed by atoms with van der Waals surface area (Å²) in [5.41, 5.74) is 0.433. The molecule has 0 aromatic carbocycles. The van der Waals surface area contributed by atoms with Gasteiger partial charge in [-0.05, 0) is 13.0 Å². The quantitative estimate of drug-likeness (QED) is 0.679. The van der Waals surface area contributed by atoms with Crippen LogP contribution in [0.2, 0.25) is 0 Å². The molecule has 0 aliphatic heterocycles. The second kappa shape index (κ2) is 5.26. The fourth-order valence-corrected chi connectivity index (χ4v) is 0.943. The number of aromatic nitrogens is 2. The van der Waals surface area contributed by atoms with Crippen LogP contribution in [-0.4, -0.2) is 39.4 Å². The summed E-state index contributed by atoms with van der Waals surface area (Å²) in [5.74, 6) is -1.12. The highest BCUT2D eigenvalue weighted by atomic mass is 16.5. The largest absolute Gasteiger partial charge is 0.477 e. The van der Waals surface area contributed by atoms with Crippen LogP contribution in [0.5, 0.6) is 6.01 Å². The Morgan fingerprint density at radius 2 is 2.27 bits per heavy atom. The molecule has 1 rings (SSSR count). The lowest BCUT2D eigenvalue weighted by Gasteiger charge is -2.04. The number of aryl methyl sites for hydroxylation is 1. The van der Waals surface area contributed by atoms with Gasteiger partial charge in [0.15, 0.2) is 5.69 Å². The lowest BCUT2D eigenvalue weighted by Crippen LogP contribution is -2.08. The predicted molar refractivity (Wildman–Crippen MR) is 50.9 cm³/mol. The van der Waals surface area contributed by atoms with E-state index in [0.717, 1.165) is 0 Å². The molecule has 6 nitrogen and oxygen atoms in total. The number of hydrogen-bond acceptors (Lipinski definition) is 5. The van der Waals surface area contributed by atoms with Crippen molar-refractivity contribution in [3.05, 3.63) is 17.5 Å². The van der Waals surface area contributed by atoms with Crippen molar-refractivity contribution in [2.24, 2.45) is 0 Å². The van der Waals surface area contributed by atoms with Gasteiger partial charge in [-0.2, -0.15) is 4.98 Å². The number of carbonyl (C=O) groups is 1. The Morgan fingerprint density at radius 3 is 2.87 bits per heavy atom. The SMILES string of the molecule is Cc1cc(C(=O)O)nc(OCCCO)n1. The van der Waals surface area contributed by atoms with Crippen molar-refractivity contribution in [2.45, 2.75) is 13.3 Å². The molecule has 1 aromatic rings. The van der Waals surface area contributed by atoms with E-state index >= 15 is 0 Å². The van der Waals surface area contributed by atoms with E-state index in [4.69, 9.17) is 14.9 Å². The lowest BCUT2D eigenvalue weighted by atomic mass is 10.3. The molecule has 0 aliphatic rings. The normalized spacial score (nSPS) is 10.0. The second-order valence-electron chi connectivity index (χ2n) is 2.91. The first-order valence-electron chi connectivity index (χ1n) is 4.46. The molecule has 0 aliphatic carbocycles. The van der Waals surface area contributed by atoms with Gasteiger partial charge in [0.25, 0.3) is 0 Å². The van der Waals surface area contributed by atoms with E-state index in [1.165, 1.54) is 6.07 Å². The minimum absolute atomic E-state index is 0.0115. The summed E-state index contributed by atoms with van der Waals surface area (Å²) in [7, 11) is 0. The number of carboxylic acids is 1. The van der Waals surface area contributed by atoms with Crippen LogP contribution in [0.4, 0.5) is 0 Å². The van der Waals surface area contributed by atoms with E-state index < -0.39 is 5.97 Å². The Bertz CT molecular complexity index is 354. The third-order valence-electron chi connectivity index (χ3n) is 1.59. The number of nitrogens with zero attached hydrogens (tertiary/aromatic N) is 2. The summed E-state index contributed by atoms with van der Waals surface area (Å²) in [5, 5.41) is 17.2. The zero-order valence-corrected chi connectivity index (χ0v) is 8.30. The molecule has 1 heterocycles. The molecule has 0 unspecified atom stereocenters. The molecule has 0 bridgehead atoms. The van der Waals surface area contributed by atoms with Crippen LogP contribution in [0.15, 0.2) is 6.07 Å². The third-order valence-corrected chi connectivity index (χ3v) is 1.59. The van der Waals surface area contributed by atoms with Gasteiger partial charge in [0.05, 0.1) is 6.61 Å². The fourth-order valence-electron chi connectivity index (χ4n) is 0.943. The minimum atomic E-state index is -1.12. The minimum Gasteiger partial charge on any atom is -0.477 e. The molecule has 6 heteroatoms. The predicted octanol–water partition coefficient (Wildman–Crippen LogP) is 0.244. The van der Waals surface area contributed by atoms with Crippen LogP contribution in [0.3, 0.4) is 0 Å². The van der Waals surface area contributed by atoms with Crippen LogP contribution in [0, 0.1) is 6.92 Å². The fraction of sp³-hybridized carbons (Fsp3) is 0.444. The van der Waals surface area contributed by atoms with E-state index in [9.17, 15) is 4.79 Å². The topological polar surface area (TPSA) is 92.5 Å². The Balaban J connectivity index is 2.75. The van der Waals surface area contributed by atoms with Crippen molar-refractivity contribution in [2.75, 3.05) is 13.2 Å². The first-order chi connectivity index (χ1) is 7.13. The van der Waals surface area contributed by atoms with Gasteiger partial charge in [0.1, 0.15) is 0 Å². The first-order valence-corrected chi connectivity index (χ1v) is 4.46. The van der Waals surface area contributed by atoms with Gasteiger partial charge in [-0.1, -0.05) is 0 Å². The smallest absolute Gasteiger partial charge is 0.354 e. The molecule has 2 N–H and O–H groups in total. The maximum Gasteiger partial charge on any atom is 0.354 e. The van der Waals surface area contributed by atoms with Crippen molar-refractivity contribution in [3.8, 4) is 6.01 Å². The van der Waals surface area contributed by atoms with E-state index in [1.54, 1.807) is 6.92 Å². The van der Waals surface area contributed by atoms with Crippen molar-refractivity contribution < 1.29 is 19.7 Å². The summed E-state index contributed by atoms with van der Waals surface area (Å²) in [6, 6.07) is 1.39. The van der Waals surface area contributed by atoms with Gasteiger partial charge in [0, 0.05) is 18.7 Å². The highest BCUT2D eigenvalue weighted by Gasteiger charge is 2.08. The zero-order valence-electron chi connectivity index (χ0n) is 8.30. The van der Waals surface area contributed by atoms with Crippen LogP contribution in [0.1, 0.15) is 22.6 Å². The highest BCUT2D eigenvalue weighted by molar-refractivity contribution is 5.85. The Hall–Kier alpha value is -1.69. The molecular formula is C9H12N2O4. The second-order valence-corrected chi connectivity index (χ2v) is 2.91. The van der Waals surface area contributed by atoms with E-state index in [2.05, 4.69) is 9.97 Å². The molecule has 0 fully saturated rings. The van der Waals surface area contributed by atoms with Gasteiger partial charge in [-0.15, -0.1) is 0 Å². The van der Waals surface area contributed by atoms with Crippen LogP contribution in [-0.2, 0) is 0 Å². The summed E-state index contributed by atoms with van der Waals surface area (Å²) in [6.07, 6.45) is 0.458. The Kier molecular flexibility index (Phi) is 3.99. The zero-order chi connectivity index (χ0) is 11.3. The van der Waals surface area contributed by atoms with Crippen molar-refractivity contribution in [3.63, 3.8) is 0 Å². The van der Waals surface area contributed by atoms with Gasteiger partial charge in [-0.3, -0.25) is 0 Å². The highest BCUT2D eigenvalue weighted by Crippen LogP contribution is 2.07. The van der Waals surface area contributed by atoms with Crippen LogP contribution >= 0.6 is 0 Å². The molecule has 0 radical (unpaired) electrons. The molecule has 0 saturated carbocycles. The molecule has 15 heavy (non-hydrogen) atoms. The van der Waals surface area contributed by atoms with Gasteiger partial charge in [0.2, 0.25) is 0 Å². The third kappa shape index (κ3) is 3.51. The molecule has 0 saturated heterocycles. The number of aliphatic hydroxyl groups excluding tert-OH is 1. The van der Waals surface area contributed by atoms with E-state index in [-0.39, 0.29) is 24.9 Å². The number of carboxylic acid groups (broad SMARTS) is 1. The molecule has 0 atom stereocenters. The monoisotopic (exact) mass is 212 g/mol. The summed E-state index contributed by atoms with van der Waals surface area (Å²) >= 11 is 0. The van der Waals surface area contributed by atoms with Gasteiger partial charge in [-0.25, -0.2) is 9.78 Å². The number of aromatic carboxylic acids is 1. The first kappa shape index (κ1) is 11.4. The van der Waals surface area contributed by atoms with Crippen LogP contribution in [0.25, 0.3) is 0 Å². The molecule has 0 spiro atoms. The van der Waals surface area contributed by atoms with Crippen LogP contribution < -0.4 is 4.74 Å². The summed E-state index contributed by atoms with van der Waals surface area (Å²) in [6.45, 7) is 1.93. The Morgan fingerprint density at radius 1 is 1.53 bits per heavy atom. The number of rotatable bonds is 5. The average molecular weight is 212 g/mol. The van der Waals surface area contributed by atoms with Crippen molar-refractivity contribution in [1.82, 2.24) is 9.97 Å². The average Bonchev–Trinajstić information content (AvgIpc) is 2.17. The van der Waals surface area contributed by atoms with Crippen molar-refractivity contribution >= 4 is 5.97 Å². The van der Waals surface area contributed by atoms with E-state index in [0.29, 0.717) is 12.1 Å². The lowest BCUT2D eigenvalue weighted by molar-refractivity contribution is 0.0688. The number of ether oxygens (including phenoxy) is 1. The number of hydrogen-bond donors (Lipinski definition) is 2. The molecule has 0 amide bonds. The summed E-state index contributed by atoms with van der Waals surface area (Å²) < 4.78 is 5.07. The molecule has 82 valence electrons. The summed E-state index contributed by atoms with van der Waals surface area (Å²) in [4.78, 5) is 18.2. The molecular weight excluding hydrogens is 200 g/mol. The van der Waals surface area contributed by atoms with Gasteiger partial charge >= 0.3 is 12.0 Å². The maximum absolute atomic E-state index is 10.6. The van der Waals surface area contributed by atoms with E-state index in [1.807, 2.05) is 0 Å². The maximum atomic E-state index is 10.6.